The summed E-state index contributed by atoms with van der Waals surface area (Å²) in [6.45, 7) is 2.49. The highest BCUT2D eigenvalue weighted by atomic mass is 19.4. The van der Waals surface area contributed by atoms with Crippen LogP contribution in [0, 0.1) is 6.92 Å². The van der Waals surface area contributed by atoms with Gasteiger partial charge in [-0.3, -0.25) is 4.79 Å². The van der Waals surface area contributed by atoms with Gasteiger partial charge in [0.25, 0.3) is 0 Å². The molecular weight excluding hydrogens is 291 g/mol. The van der Waals surface area contributed by atoms with E-state index in [0.717, 1.165) is 14.0 Å². The summed E-state index contributed by atoms with van der Waals surface area (Å²) in [5.41, 5.74) is -2.79. The topological polar surface area (TPSA) is 80.3 Å². The van der Waals surface area contributed by atoms with Gasteiger partial charge in [-0.05, 0) is 24.6 Å². The molecule has 0 bridgehead atoms. The number of hydrogen-bond donors (Lipinski definition) is 2. The van der Waals surface area contributed by atoms with Crippen LogP contribution in [0.2, 0.25) is 0 Å². The molecular formula is C12H14F3N3O3. The van der Waals surface area contributed by atoms with E-state index in [1.807, 2.05) is 5.32 Å². The third kappa shape index (κ3) is 3.61. The molecule has 1 aromatic heterocycles. The van der Waals surface area contributed by atoms with E-state index >= 15 is 0 Å². The normalized spacial score (nSPS) is 14.0. The van der Waals surface area contributed by atoms with E-state index in [9.17, 15) is 22.8 Å². The molecule has 1 amide bonds. The number of aryl methyl sites for hydroxylation is 1. The SMILES string of the molecule is COC(=O)[C@@](NC(C)=O)(Nc1cc(C)ccn1)C(F)(F)F. The van der Waals surface area contributed by atoms with E-state index in [2.05, 4.69) is 9.72 Å². The summed E-state index contributed by atoms with van der Waals surface area (Å²) in [6, 6.07) is 2.86. The van der Waals surface area contributed by atoms with Crippen molar-refractivity contribution >= 4 is 17.7 Å². The average Bonchev–Trinajstić information content (AvgIpc) is 2.35. The first kappa shape index (κ1) is 16.7. The second-order valence-corrected chi connectivity index (χ2v) is 4.26. The maximum Gasteiger partial charge on any atom is 0.441 e. The van der Waals surface area contributed by atoms with Gasteiger partial charge in [-0.2, -0.15) is 13.2 Å². The Morgan fingerprint density at radius 3 is 2.38 bits per heavy atom. The fourth-order valence-corrected chi connectivity index (χ4v) is 1.60. The Labute approximate surface area is 118 Å². The van der Waals surface area contributed by atoms with Crippen LogP contribution >= 0.6 is 0 Å². The van der Waals surface area contributed by atoms with Gasteiger partial charge < -0.3 is 15.4 Å². The summed E-state index contributed by atoms with van der Waals surface area (Å²) in [4.78, 5) is 26.5. The van der Waals surface area contributed by atoms with E-state index in [0.29, 0.717) is 5.56 Å². The summed E-state index contributed by atoms with van der Waals surface area (Å²) in [7, 11) is 0.788. The minimum atomic E-state index is -5.14. The van der Waals surface area contributed by atoms with Gasteiger partial charge in [0.1, 0.15) is 5.82 Å². The van der Waals surface area contributed by atoms with Crippen LogP contribution in [0.25, 0.3) is 0 Å². The molecule has 6 nitrogen and oxygen atoms in total. The van der Waals surface area contributed by atoms with Crippen molar-refractivity contribution in [2.75, 3.05) is 12.4 Å². The lowest BCUT2D eigenvalue weighted by molar-refractivity contribution is -0.206. The third-order valence-corrected chi connectivity index (χ3v) is 2.51. The number of rotatable bonds is 4. The van der Waals surface area contributed by atoms with Crippen LogP contribution in [0.3, 0.4) is 0 Å². The minimum Gasteiger partial charge on any atom is -0.466 e. The lowest BCUT2D eigenvalue weighted by Gasteiger charge is -2.34. The molecule has 0 aromatic carbocycles. The van der Waals surface area contributed by atoms with Crippen LogP contribution in [0.1, 0.15) is 12.5 Å². The Morgan fingerprint density at radius 1 is 1.33 bits per heavy atom. The quantitative estimate of drug-likeness (QED) is 0.649. The lowest BCUT2D eigenvalue weighted by atomic mass is 10.1. The summed E-state index contributed by atoms with van der Waals surface area (Å²) >= 11 is 0. The van der Waals surface area contributed by atoms with E-state index in [4.69, 9.17) is 0 Å². The van der Waals surface area contributed by atoms with Gasteiger partial charge in [0.15, 0.2) is 0 Å². The van der Waals surface area contributed by atoms with Crippen molar-refractivity contribution < 1.29 is 27.5 Å². The fourth-order valence-electron chi connectivity index (χ4n) is 1.60. The Balaban J connectivity index is 3.34. The van der Waals surface area contributed by atoms with Gasteiger partial charge in [0, 0.05) is 13.1 Å². The standard InChI is InChI=1S/C12H14F3N3O3/c1-7-4-5-16-9(6-7)18-11(10(20)21-3,12(13,14)15)17-8(2)19/h4-6H,1-3H3,(H,16,18)(H,17,19)/t11-/m1/s1. The van der Waals surface area contributed by atoms with Crippen LogP contribution in [0.4, 0.5) is 19.0 Å². The molecule has 0 aliphatic heterocycles. The highest BCUT2D eigenvalue weighted by molar-refractivity contribution is 5.90. The van der Waals surface area contributed by atoms with E-state index < -0.39 is 23.7 Å². The first-order valence-electron chi connectivity index (χ1n) is 5.77. The lowest BCUT2D eigenvalue weighted by Crippen LogP contribution is -2.69. The maximum atomic E-state index is 13.4. The predicted molar refractivity (Wildman–Crippen MR) is 67.2 cm³/mol. The number of ether oxygens (including phenoxy) is 1. The van der Waals surface area contributed by atoms with Gasteiger partial charge in [0.2, 0.25) is 5.91 Å². The largest absolute Gasteiger partial charge is 0.466 e. The maximum absolute atomic E-state index is 13.4. The molecule has 0 spiro atoms. The zero-order valence-electron chi connectivity index (χ0n) is 11.5. The number of nitrogens with one attached hydrogen (secondary N) is 2. The molecule has 0 fully saturated rings. The molecule has 116 valence electrons. The molecule has 0 saturated carbocycles. The first-order chi connectivity index (χ1) is 9.62. The molecule has 9 heteroatoms. The number of hydrogen-bond acceptors (Lipinski definition) is 5. The molecule has 0 radical (unpaired) electrons. The Hall–Kier alpha value is -2.32. The number of methoxy groups -OCH3 is 1. The number of carbonyl (C=O) groups is 2. The van der Waals surface area contributed by atoms with Gasteiger partial charge in [-0.15, -0.1) is 0 Å². The smallest absolute Gasteiger partial charge is 0.441 e. The number of alkyl halides is 3. The fraction of sp³-hybridized carbons (Fsp3) is 0.417. The van der Waals surface area contributed by atoms with E-state index in [1.165, 1.54) is 12.3 Å². The monoisotopic (exact) mass is 305 g/mol. The highest BCUT2D eigenvalue weighted by Crippen LogP contribution is 2.32. The molecule has 2 N–H and O–H groups in total. The van der Waals surface area contributed by atoms with Crippen molar-refractivity contribution in [3.63, 3.8) is 0 Å². The summed E-state index contributed by atoms with van der Waals surface area (Å²) < 4.78 is 44.2. The number of halogens is 3. The summed E-state index contributed by atoms with van der Waals surface area (Å²) in [5, 5.41) is 3.48. The molecule has 1 heterocycles. The van der Waals surface area contributed by atoms with Gasteiger partial charge in [-0.25, -0.2) is 9.78 Å². The summed E-state index contributed by atoms with van der Waals surface area (Å²) in [5.74, 6) is -2.99. The summed E-state index contributed by atoms with van der Waals surface area (Å²) in [6.07, 6.45) is -3.87. The van der Waals surface area contributed by atoms with Gasteiger partial charge >= 0.3 is 17.8 Å². The van der Waals surface area contributed by atoms with E-state index in [-0.39, 0.29) is 5.82 Å². The second kappa shape index (κ2) is 5.98. The molecule has 0 aliphatic rings. The van der Waals surface area contributed by atoms with Crippen molar-refractivity contribution in [1.82, 2.24) is 10.3 Å². The number of anilines is 1. The molecule has 1 rings (SSSR count). The first-order valence-corrected chi connectivity index (χ1v) is 5.77. The van der Waals surface area contributed by atoms with Crippen LogP contribution < -0.4 is 10.6 Å². The van der Waals surface area contributed by atoms with Crippen molar-refractivity contribution in [1.29, 1.82) is 0 Å². The van der Waals surface area contributed by atoms with Crippen LogP contribution in [0.15, 0.2) is 18.3 Å². The zero-order valence-corrected chi connectivity index (χ0v) is 11.5. The Bertz CT molecular complexity index is 548. The highest BCUT2D eigenvalue weighted by Gasteiger charge is 2.63. The van der Waals surface area contributed by atoms with Crippen molar-refractivity contribution in [3.8, 4) is 0 Å². The van der Waals surface area contributed by atoms with Crippen LogP contribution in [0.5, 0.6) is 0 Å². The number of nitrogens with zero attached hydrogens (tertiary/aromatic N) is 1. The number of amides is 1. The predicted octanol–water partition coefficient (Wildman–Crippen LogP) is 1.37. The third-order valence-electron chi connectivity index (χ3n) is 2.51. The van der Waals surface area contributed by atoms with Gasteiger partial charge in [0.05, 0.1) is 7.11 Å². The molecule has 0 aliphatic carbocycles. The molecule has 0 unspecified atom stereocenters. The second-order valence-electron chi connectivity index (χ2n) is 4.26. The van der Waals surface area contributed by atoms with Crippen LogP contribution in [-0.4, -0.2) is 35.8 Å². The van der Waals surface area contributed by atoms with Crippen LogP contribution in [-0.2, 0) is 14.3 Å². The Morgan fingerprint density at radius 2 is 1.95 bits per heavy atom. The van der Waals surface area contributed by atoms with Gasteiger partial charge in [-0.1, -0.05) is 0 Å². The number of carbonyl (C=O) groups excluding carboxylic acids is 2. The molecule has 0 saturated heterocycles. The molecule has 1 aromatic rings. The minimum absolute atomic E-state index is 0.230. The van der Waals surface area contributed by atoms with Crippen molar-refractivity contribution in [3.05, 3.63) is 23.9 Å². The number of pyridine rings is 1. The number of aromatic nitrogens is 1. The van der Waals surface area contributed by atoms with Crippen molar-refractivity contribution in [2.24, 2.45) is 0 Å². The van der Waals surface area contributed by atoms with E-state index in [1.54, 1.807) is 18.3 Å². The average molecular weight is 305 g/mol. The molecule has 1 atom stereocenters. The molecule has 21 heavy (non-hydrogen) atoms. The Kier molecular flexibility index (Phi) is 4.77. The number of esters is 1. The zero-order chi connectivity index (χ0) is 16.3. The van der Waals surface area contributed by atoms with Crippen molar-refractivity contribution in [2.45, 2.75) is 25.7 Å².